The Morgan fingerprint density at radius 3 is 2.60 bits per heavy atom. The van der Waals surface area contributed by atoms with Crippen LogP contribution in [0.25, 0.3) is 0 Å². The molecule has 0 spiro atoms. The van der Waals surface area contributed by atoms with Gasteiger partial charge in [-0.1, -0.05) is 19.1 Å². The molecular formula is C24H29N3O3. The summed E-state index contributed by atoms with van der Waals surface area (Å²) in [5, 5.41) is 3.03. The van der Waals surface area contributed by atoms with Crippen molar-refractivity contribution in [3.63, 3.8) is 0 Å². The smallest absolute Gasteiger partial charge is 0.322 e. The SMILES string of the molecule is CC1CC1c1ccc(CN(C(=O)Nc2ccc(CN3CCCC3=O)cc2)C2CC2)o1. The van der Waals surface area contributed by atoms with Gasteiger partial charge in [0.05, 0.1) is 6.54 Å². The summed E-state index contributed by atoms with van der Waals surface area (Å²) in [6.07, 6.45) is 4.89. The number of hydrogen-bond acceptors (Lipinski definition) is 3. The Hall–Kier alpha value is -2.76. The zero-order valence-corrected chi connectivity index (χ0v) is 17.5. The van der Waals surface area contributed by atoms with E-state index >= 15 is 0 Å². The van der Waals surface area contributed by atoms with E-state index in [4.69, 9.17) is 4.42 Å². The van der Waals surface area contributed by atoms with Crippen molar-refractivity contribution in [3.05, 3.63) is 53.5 Å². The summed E-state index contributed by atoms with van der Waals surface area (Å²) >= 11 is 0. The molecule has 0 radical (unpaired) electrons. The number of nitrogens with one attached hydrogen (secondary N) is 1. The van der Waals surface area contributed by atoms with Gasteiger partial charge in [-0.25, -0.2) is 4.79 Å². The highest BCUT2D eigenvalue weighted by molar-refractivity contribution is 5.89. The first kappa shape index (κ1) is 19.2. The van der Waals surface area contributed by atoms with Gasteiger partial charge in [0.15, 0.2) is 0 Å². The van der Waals surface area contributed by atoms with E-state index in [1.165, 1.54) is 6.42 Å². The number of likely N-dealkylation sites (tertiary alicyclic amines) is 1. The van der Waals surface area contributed by atoms with E-state index in [-0.39, 0.29) is 11.9 Å². The van der Waals surface area contributed by atoms with Gasteiger partial charge in [-0.3, -0.25) is 4.79 Å². The summed E-state index contributed by atoms with van der Waals surface area (Å²) in [6.45, 7) is 4.22. The van der Waals surface area contributed by atoms with E-state index in [1.807, 2.05) is 40.1 Å². The predicted octanol–water partition coefficient (Wildman–Crippen LogP) is 4.72. The topological polar surface area (TPSA) is 65.8 Å². The zero-order valence-electron chi connectivity index (χ0n) is 17.5. The van der Waals surface area contributed by atoms with E-state index in [1.54, 1.807) is 0 Å². The Morgan fingerprint density at radius 1 is 1.20 bits per heavy atom. The van der Waals surface area contributed by atoms with Crippen molar-refractivity contribution >= 4 is 17.6 Å². The molecule has 1 aliphatic heterocycles. The molecule has 0 bridgehead atoms. The number of benzene rings is 1. The van der Waals surface area contributed by atoms with Crippen molar-refractivity contribution in [1.82, 2.24) is 9.80 Å². The maximum atomic E-state index is 12.9. The van der Waals surface area contributed by atoms with Crippen LogP contribution in [0.4, 0.5) is 10.5 Å². The molecule has 2 aliphatic carbocycles. The average molecular weight is 408 g/mol. The number of nitrogens with zero attached hydrogens (tertiary/aromatic N) is 2. The zero-order chi connectivity index (χ0) is 20.7. The summed E-state index contributed by atoms with van der Waals surface area (Å²) < 4.78 is 6.02. The highest BCUT2D eigenvalue weighted by atomic mass is 16.3. The van der Waals surface area contributed by atoms with Crippen molar-refractivity contribution in [2.24, 2.45) is 5.92 Å². The maximum Gasteiger partial charge on any atom is 0.322 e. The lowest BCUT2D eigenvalue weighted by Gasteiger charge is -2.22. The second-order valence-corrected chi connectivity index (χ2v) is 9.03. The standard InChI is InChI=1S/C24H29N3O3/c1-16-13-21(16)22-11-10-20(30-22)15-27(19-8-9-19)24(29)25-18-6-4-17(5-7-18)14-26-12-2-3-23(26)28/h4-7,10-11,16,19,21H,2-3,8-9,12-15H2,1H3,(H,25,29). The van der Waals surface area contributed by atoms with Crippen LogP contribution in [0.5, 0.6) is 0 Å². The van der Waals surface area contributed by atoms with Crippen LogP contribution in [0.3, 0.4) is 0 Å². The fourth-order valence-corrected chi connectivity index (χ4v) is 4.30. The van der Waals surface area contributed by atoms with Crippen molar-refractivity contribution in [2.45, 2.75) is 64.1 Å². The number of rotatable bonds is 7. The Balaban J connectivity index is 1.19. The average Bonchev–Trinajstić information content (AvgIpc) is 3.62. The first-order chi connectivity index (χ1) is 14.6. The lowest BCUT2D eigenvalue weighted by atomic mass is 10.2. The highest BCUT2D eigenvalue weighted by Crippen LogP contribution is 2.47. The molecule has 6 heteroatoms. The minimum absolute atomic E-state index is 0.0855. The second-order valence-electron chi connectivity index (χ2n) is 9.03. The molecule has 2 saturated carbocycles. The van der Waals surface area contributed by atoms with Crippen LogP contribution in [0.15, 0.2) is 40.8 Å². The number of furan rings is 1. The van der Waals surface area contributed by atoms with Gasteiger partial charge in [-0.15, -0.1) is 0 Å². The van der Waals surface area contributed by atoms with Gasteiger partial charge in [0, 0.05) is 37.2 Å². The Labute approximate surface area is 177 Å². The molecule has 3 fully saturated rings. The first-order valence-electron chi connectivity index (χ1n) is 11.1. The molecule has 158 valence electrons. The molecular weight excluding hydrogens is 378 g/mol. The summed E-state index contributed by atoms with van der Waals surface area (Å²) in [4.78, 5) is 28.5. The second kappa shape index (κ2) is 7.82. The molecule has 2 aromatic rings. The Kier molecular flexibility index (Phi) is 5.01. The molecule has 30 heavy (non-hydrogen) atoms. The highest BCUT2D eigenvalue weighted by Gasteiger charge is 2.37. The Bertz CT molecular complexity index is 931. The molecule has 2 heterocycles. The quantitative estimate of drug-likeness (QED) is 0.722. The molecule has 1 aromatic carbocycles. The lowest BCUT2D eigenvalue weighted by Crippen LogP contribution is -2.36. The number of carbonyl (C=O) groups excluding carboxylic acids is 2. The van der Waals surface area contributed by atoms with Crippen molar-refractivity contribution in [2.75, 3.05) is 11.9 Å². The third kappa shape index (κ3) is 4.23. The van der Waals surface area contributed by atoms with E-state index < -0.39 is 0 Å². The fraction of sp³-hybridized carbons (Fsp3) is 0.500. The van der Waals surface area contributed by atoms with Gasteiger partial charge in [0.25, 0.3) is 0 Å². The van der Waals surface area contributed by atoms with E-state index in [9.17, 15) is 9.59 Å². The molecule has 3 amide bonds. The summed E-state index contributed by atoms with van der Waals surface area (Å²) in [7, 11) is 0. The number of carbonyl (C=O) groups is 2. The first-order valence-corrected chi connectivity index (χ1v) is 11.1. The minimum Gasteiger partial charge on any atom is -0.464 e. The monoisotopic (exact) mass is 407 g/mol. The molecule has 1 saturated heterocycles. The number of urea groups is 1. The van der Waals surface area contributed by atoms with Crippen LogP contribution < -0.4 is 5.32 Å². The minimum atomic E-state index is -0.0855. The van der Waals surface area contributed by atoms with Crippen molar-refractivity contribution in [3.8, 4) is 0 Å². The van der Waals surface area contributed by atoms with Crippen LogP contribution in [0, 0.1) is 5.92 Å². The van der Waals surface area contributed by atoms with Gasteiger partial charge in [0.2, 0.25) is 5.91 Å². The largest absolute Gasteiger partial charge is 0.464 e. The lowest BCUT2D eigenvalue weighted by molar-refractivity contribution is -0.128. The van der Waals surface area contributed by atoms with Crippen LogP contribution in [-0.2, 0) is 17.9 Å². The summed E-state index contributed by atoms with van der Waals surface area (Å²) in [5.74, 6) is 3.40. The number of amides is 3. The van der Waals surface area contributed by atoms with Gasteiger partial charge in [0.1, 0.15) is 11.5 Å². The molecule has 1 N–H and O–H groups in total. The fourth-order valence-electron chi connectivity index (χ4n) is 4.30. The van der Waals surface area contributed by atoms with Crippen LogP contribution in [0.2, 0.25) is 0 Å². The normalized spacial score (nSPS) is 23.0. The summed E-state index contributed by atoms with van der Waals surface area (Å²) in [6, 6.07) is 12.1. The maximum absolute atomic E-state index is 12.9. The van der Waals surface area contributed by atoms with Crippen LogP contribution >= 0.6 is 0 Å². The van der Waals surface area contributed by atoms with Gasteiger partial charge < -0.3 is 19.5 Å². The van der Waals surface area contributed by atoms with Crippen LogP contribution in [-0.4, -0.2) is 34.3 Å². The third-order valence-electron chi connectivity index (χ3n) is 6.48. The summed E-state index contributed by atoms with van der Waals surface area (Å²) in [5.41, 5.74) is 1.86. The van der Waals surface area contributed by atoms with Gasteiger partial charge >= 0.3 is 6.03 Å². The third-order valence-corrected chi connectivity index (χ3v) is 6.48. The van der Waals surface area contributed by atoms with Gasteiger partial charge in [-0.2, -0.15) is 0 Å². The molecule has 5 rings (SSSR count). The Morgan fingerprint density at radius 2 is 1.97 bits per heavy atom. The molecule has 2 unspecified atom stereocenters. The van der Waals surface area contributed by atoms with Crippen molar-refractivity contribution < 1.29 is 14.0 Å². The van der Waals surface area contributed by atoms with E-state index in [0.29, 0.717) is 37.4 Å². The molecule has 6 nitrogen and oxygen atoms in total. The van der Waals surface area contributed by atoms with E-state index in [0.717, 1.165) is 48.6 Å². The molecule has 3 aliphatic rings. The van der Waals surface area contributed by atoms with Crippen molar-refractivity contribution in [1.29, 1.82) is 0 Å². The predicted molar refractivity (Wildman–Crippen MR) is 114 cm³/mol. The number of anilines is 1. The molecule has 2 atom stereocenters. The molecule has 1 aromatic heterocycles. The van der Waals surface area contributed by atoms with E-state index in [2.05, 4.69) is 18.3 Å². The number of hydrogen-bond donors (Lipinski definition) is 1. The van der Waals surface area contributed by atoms with Crippen LogP contribution in [0.1, 0.15) is 62.0 Å². The van der Waals surface area contributed by atoms with Gasteiger partial charge in [-0.05, 0) is 61.4 Å².